The summed E-state index contributed by atoms with van der Waals surface area (Å²) in [4.78, 5) is 2.26. The lowest BCUT2D eigenvalue weighted by Gasteiger charge is -2.41. The maximum atomic E-state index is 13.7. The molecule has 4 N–H and O–H groups in total. The minimum atomic E-state index is -3.55. The third-order valence-corrected chi connectivity index (χ3v) is 10.3. The van der Waals surface area contributed by atoms with Crippen molar-refractivity contribution in [2.45, 2.75) is 73.9 Å². The number of likely N-dealkylation sites (N-methyl/N-ethyl adjacent to an activating group) is 1. The summed E-state index contributed by atoms with van der Waals surface area (Å²) in [6, 6.07) is 0.165. The number of nitrogens with one attached hydrogen (secondary N) is 4. The molecule has 8 atom stereocenters. The van der Waals surface area contributed by atoms with Crippen molar-refractivity contribution in [1.82, 2.24) is 35.8 Å². The van der Waals surface area contributed by atoms with E-state index in [0.29, 0.717) is 38.0 Å². The second-order valence-electron chi connectivity index (χ2n) is 10.4. The quantitative estimate of drug-likeness (QED) is 0.368. The van der Waals surface area contributed by atoms with Crippen molar-refractivity contribution in [3.63, 3.8) is 0 Å². The molecule has 5 rings (SSSR count). The number of hydrogen-bond acceptors (Lipinski definition) is 9. The highest BCUT2D eigenvalue weighted by Crippen LogP contribution is 2.33. The van der Waals surface area contributed by atoms with Gasteiger partial charge in [0.2, 0.25) is 10.0 Å². The fourth-order valence-electron chi connectivity index (χ4n) is 6.62. The van der Waals surface area contributed by atoms with Crippen LogP contribution in [0.5, 0.6) is 0 Å². The summed E-state index contributed by atoms with van der Waals surface area (Å²) in [5.74, 6) is 0.421. The van der Waals surface area contributed by atoms with Crippen LogP contribution >= 0.6 is 0 Å². The van der Waals surface area contributed by atoms with Gasteiger partial charge < -0.3 is 10.1 Å². The van der Waals surface area contributed by atoms with Crippen LogP contribution in [0.1, 0.15) is 32.1 Å². The van der Waals surface area contributed by atoms with E-state index < -0.39 is 21.4 Å². The molecular formula is C21H40FN7O3S. The van der Waals surface area contributed by atoms with Gasteiger partial charge in [0.15, 0.2) is 0 Å². The monoisotopic (exact) mass is 489 g/mol. The molecule has 7 unspecified atom stereocenters. The summed E-state index contributed by atoms with van der Waals surface area (Å²) < 4.78 is 49.4. The number of sulfonamides is 1. The minimum Gasteiger partial charge on any atom is -0.380 e. The van der Waals surface area contributed by atoms with Crippen LogP contribution in [0.2, 0.25) is 0 Å². The highest BCUT2D eigenvalue weighted by molar-refractivity contribution is 7.90. The first-order chi connectivity index (χ1) is 15.9. The maximum Gasteiger partial charge on any atom is 0.217 e. The van der Waals surface area contributed by atoms with Crippen LogP contribution in [0, 0.1) is 5.92 Å². The lowest BCUT2D eigenvalue weighted by Crippen LogP contribution is -2.61. The zero-order valence-corrected chi connectivity index (χ0v) is 20.6. The van der Waals surface area contributed by atoms with Crippen molar-refractivity contribution >= 4 is 10.0 Å². The normalized spacial score (nSPS) is 43.8. The van der Waals surface area contributed by atoms with E-state index in [1.54, 1.807) is 7.11 Å². The lowest BCUT2D eigenvalue weighted by atomic mass is 9.80. The number of methoxy groups -OCH3 is 1. The molecule has 33 heavy (non-hydrogen) atoms. The number of nitrogens with zero attached hydrogens (tertiary/aromatic N) is 3. The van der Waals surface area contributed by atoms with Gasteiger partial charge in [-0.25, -0.2) is 27.5 Å². The van der Waals surface area contributed by atoms with Gasteiger partial charge in [0.05, 0.1) is 18.3 Å². The zero-order chi connectivity index (χ0) is 23.2. The minimum absolute atomic E-state index is 0.0542. The van der Waals surface area contributed by atoms with Crippen molar-refractivity contribution in [1.29, 1.82) is 0 Å². The summed E-state index contributed by atoms with van der Waals surface area (Å²) >= 11 is 0. The number of piperidine rings is 1. The summed E-state index contributed by atoms with van der Waals surface area (Å²) in [6.45, 7) is 3.90. The Bertz CT molecular complexity index is 792. The first-order valence-electron chi connectivity index (χ1n) is 12.5. The van der Waals surface area contributed by atoms with Gasteiger partial charge in [-0.15, -0.1) is 0 Å². The van der Waals surface area contributed by atoms with Crippen molar-refractivity contribution < 1.29 is 17.5 Å². The number of ether oxygens (including phenoxy) is 1. The summed E-state index contributed by atoms with van der Waals surface area (Å²) in [7, 11) is 0.107. The van der Waals surface area contributed by atoms with Crippen LogP contribution in [-0.2, 0) is 14.8 Å². The average Bonchev–Trinajstić information content (AvgIpc) is 3.54. The Hall–Kier alpha value is -0.440. The Kier molecular flexibility index (Phi) is 7.28. The van der Waals surface area contributed by atoms with E-state index in [9.17, 15) is 12.8 Å². The topological polar surface area (TPSA) is 101 Å². The molecule has 0 aromatic heterocycles. The fraction of sp³-hybridized carbons (Fsp3) is 1.00. The number of halogens is 1. The predicted octanol–water partition coefficient (Wildman–Crippen LogP) is -1.17. The zero-order valence-electron chi connectivity index (χ0n) is 19.7. The van der Waals surface area contributed by atoms with E-state index in [0.717, 1.165) is 45.3 Å². The Morgan fingerprint density at radius 3 is 2.70 bits per heavy atom. The second kappa shape index (κ2) is 9.90. The van der Waals surface area contributed by atoms with Gasteiger partial charge in [0.1, 0.15) is 11.4 Å². The Balaban J connectivity index is 1.21. The molecule has 1 aliphatic carbocycles. The van der Waals surface area contributed by atoms with E-state index in [1.807, 2.05) is 12.1 Å². The predicted molar refractivity (Wildman–Crippen MR) is 123 cm³/mol. The van der Waals surface area contributed by atoms with Gasteiger partial charge in [-0.1, -0.05) is 0 Å². The third kappa shape index (κ3) is 4.96. The number of rotatable bonds is 6. The van der Waals surface area contributed by atoms with Crippen LogP contribution in [0.3, 0.4) is 0 Å². The van der Waals surface area contributed by atoms with Crippen LogP contribution in [0.4, 0.5) is 4.39 Å². The van der Waals surface area contributed by atoms with E-state index in [1.165, 1.54) is 0 Å². The molecule has 5 aliphatic rings. The molecule has 1 saturated carbocycles. The largest absolute Gasteiger partial charge is 0.380 e. The number of hydrogen-bond donors (Lipinski definition) is 4. The smallest absolute Gasteiger partial charge is 0.217 e. The van der Waals surface area contributed by atoms with E-state index >= 15 is 0 Å². The molecule has 0 spiro atoms. The Labute approximate surface area is 196 Å². The van der Waals surface area contributed by atoms with Gasteiger partial charge >= 0.3 is 0 Å². The molecule has 0 radical (unpaired) electrons. The Morgan fingerprint density at radius 1 is 1.09 bits per heavy atom. The van der Waals surface area contributed by atoms with Crippen molar-refractivity contribution in [3.8, 4) is 0 Å². The average molecular weight is 490 g/mol. The molecule has 4 saturated heterocycles. The standard InChI is InChI=1S/C21H40FN7O3S/c1-27-21-14(10-24-27)3-4-18(32-2)20(21)26-33(30,31)17-11-25-29(13-17)19-9-16(5-7-23-19)28-8-6-15(22)12-28/h14-21,23-26H,3-13H2,1-2H3/t14?,15-,16?,17?,18?,19?,20?,21?/m1/s1. The van der Waals surface area contributed by atoms with Gasteiger partial charge in [-0.2, -0.15) is 0 Å². The molecule has 4 heterocycles. The fourth-order valence-corrected chi connectivity index (χ4v) is 8.13. The van der Waals surface area contributed by atoms with Gasteiger partial charge in [-0.3, -0.25) is 15.8 Å². The van der Waals surface area contributed by atoms with Gasteiger partial charge in [-0.05, 0) is 44.6 Å². The first kappa shape index (κ1) is 24.3. The highest BCUT2D eigenvalue weighted by Gasteiger charge is 2.48. The maximum absolute atomic E-state index is 13.7. The molecule has 0 bridgehead atoms. The molecule has 12 heteroatoms. The summed E-state index contributed by atoms with van der Waals surface area (Å²) in [6.07, 6.45) is 3.60. The number of alkyl halides is 1. The number of likely N-dealkylation sites (tertiary alicyclic amines) is 1. The second-order valence-corrected chi connectivity index (χ2v) is 12.4. The van der Waals surface area contributed by atoms with Crippen LogP contribution in [-0.4, -0.2) is 119 Å². The van der Waals surface area contributed by atoms with Crippen LogP contribution in [0.25, 0.3) is 0 Å². The molecule has 0 aromatic carbocycles. The van der Waals surface area contributed by atoms with Gasteiger partial charge in [0, 0.05) is 59.0 Å². The molecule has 0 amide bonds. The first-order valence-corrected chi connectivity index (χ1v) is 14.0. The van der Waals surface area contributed by atoms with Crippen LogP contribution in [0.15, 0.2) is 0 Å². The van der Waals surface area contributed by atoms with Crippen molar-refractivity contribution in [2.24, 2.45) is 5.92 Å². The lowest BCUT2D eigenvalue weighted by molar-refractivity contribution is 0.00328. The summed E-state index contributed by atoms with van der Waals surface area (Å²) in [5, 5.41) is 7.09. The molecular weight excluding hydrogens is 449 g/mol. The molecule has 10 nitrogen and oxygen atoms in total. The van der Waals surface area contributed by atoms with Gasteiger partial charge in [0.25, 0.3) is 0 Å². The number of hydrazine groups is 2. The van der Waals surface area contributed by atoms with Crippen molar-refractivity contribution in [2.75, 3.05) is 53.4 Å². The van der Waals surface area contributed by atoms with E-state index in [-0.39, 0.29) is 24.4 Å². The van der Waals surface area contributed by atoms with Crippen molar-refractivity contribution in [3.05, 3.63) is 0 Å². The Morgan fingerprint density at radius 2 is 1.94 bits per heavy atom. The molecule has 0 aromatic rings. The van der Waals surface area contributed by atoms with Crippen LogP contribution < -0.4 is 20.9 Å². The van der Waals surface area contributed by atoms with E-state index in [4.69, 9.17) is 4.74 Å². The number of fused-ring (bicyclic) bond motifs is 1. The molecule has 190 valence electrons. The highest BCUT2D eigenvalue weighted by atomic mass is 32.2. The summed E-state index contributed by atoms with van der Waals surface area (Å²) in [5.41, 5.74) is 6.68. The molecule has 5 fully saturated rings. The SMILES string of the molecule is COC1CCC2CNN(C)C2C1NS(=O)(=O)C1CNN(C2CC(N3CC[C@@H](F)C3)CCN2)C1. The van der Waals surface area contributed by atoms with E-state index in [2.05, 4.69) is 30.8 Å². The molecule has 4 aliphatic heterocycles. The third-order valence-electron chi connectivity index (χ3n) is 8.50.